The largest absolute Gasteiger partial charge is 0.396 e. The molecule has 4 nitrogen and oxygen atoms in total. The molecule has 0 aliphatic rings. The van der Waals surface area contributed by atoms with Crippen molar-refractivity contribution in [1.29, 1.82) is 0 Å². The molecule has 4 heteroatoms. The van der Waals surface area contributed by atoms with Gasteiger partial charge in [-0.1, -0.05) is 6.07 Å². The molecule has 1 aromatic rings. The highest BCUT2D eigenvalue weighted by Crippen LogP contribution is 2.09. The van der Waals surface area contributed by atoms with Crippen LogP contribution in [0.15, 0.2) is 18.2 Å². The zero-order valence-electron chi connectivity index (χ0n) is 11.0. The van der Waals surface area contributed by atoms with E-state index in [1.807, 2.05) is 25.2 Å². The highest BCUT2D eigenvalue weighted by Gasteiger charge is 2.10. The highest BCUT2D eigenvalue weighted by atomic mass is 16.3. The van der Waals surface area contributed by atoms with Crippen LogP contribution in [-0.2, 0) is 6.54 Å². The van der Waals surface area contributed by atoms with Gasteiger partial charge in [-0.25, -0.2) is 4.98 Å². The lowest BCUT2D eigenvalue weighted by Crippen LogP contribution is -2.32. The SMILES string of the molecule is CNc1cccc(CN(CCCO)C(C)C)n1. The molecular weight excluding hydrogens is 214 g/mol. The quantitative estimate of drug-likeness (QED) is 0.758. The third-order valence-corrected chi connectivity index (χ3v) is 2.76. The van der Waals surface area contributed by atoms with Gasteiger partial charge in [0.2, 0.25) is 0 Å². The zero-order valence-corrected chi connectivity index (χ0v) is 11.0. The first kappa shape index (κ1) is 13.9. The monoisotopic (exact) mass is 237 g/mol. The summed E-state index contributed by atoms with van der Waals surface area (Å²) in [5, 5.41) is 11.9. The minimum Gasteiger partial charge on any atom is -0.396 e. The first-order valence-corrected chi connectivity index (χ1v) is 6.16. The van der Waals surface area contributed by atoms with Gasteiger partial charge in [0, 0.05) is 32.8 Å². The van der Waals surface area contributed by atoms with Crippen LogP contribution in [-0.4, -0.2) is 41.2 Å². The van der Waals surface area contributed by atoms with Crippen molar-refractivity contribution >= 4 is 5.82 Å². The second-order valence-corrected chi connectivity index (χ2v) is 4.41. The lowest BCUT2D eigenvalue weighted by atomic mass is 10.2. The molecule has 0 unspecified atom stereocenters. The molecule has 1 aromatic heterocycles. The number of hydrogen-bond donors (Lipinski definition) is 2. The molecule has 96 valence electrons. The Kier molecular flexibility index (Phi) is 5.94. The summed E-state index contributed by atoms with van der Waals surface area (Å²) in [5.41, 5.74) is 1.06. The Morgan fingerprint density at radius 2 is 2.18 bits per heavy atom. The van der Waals surface area contributed by atoms with Gasteiger partial charge < -0.3 is 10.4 Å². The average Bonchev–Trinajstić information content (AvgIpc) is 2.34. The maximum Gasteiger partial charge on any atom is 0.126 e. The number of anilines is 1. The summed E-state index contributed by atoms with van der Waals surface area (Å²) in [6.45, 7) is 6.30. The first-order chi connectivity index (χ1) is 8.17. The van der Waals surface area contributed by atoms with Gasteiger partial charge in [0.05, 0.1) is 5.69 Å². The fourth-order valence-electron chi connectivity index (χ4n) is 1.71. The normalized spacial score (nSPS) is 11.2. The maximum absolute atomic E-state index is 8.89. The number of aromatic nitrogens is 1. The van der Waals surface area contributed by atoms with E-state index in [0.29, 0.717) is 6.04 Å². The van der Waals surface area contributed by atoms with Crippen LogP contribution in [0.25, 0.3) is 0 Å². The predicted octanol–water partition coefficient (Wildman–Crippen LogP) is 1.72. The molecule has 0 aliphatic carbocycles. The lowest BCUT2D eigenvalue weighted by molar-refractivity contribution is 0.183. The van der Waals surface area contributed by atoms with Gasteiger partial charge in [-0.2, -0.15) is 0 Å². The number of aliphatic hydroxyl groups is 1. The molecule has 0 aromatic carbocycles. The molecule has 0 radical (unpaired) electrons. The number of nitrogens with zero attached hydrogens (tertiary/aromatic N) is 2. The van der Waals surface area contributed by atoms with Gasteiger partial charge >= 0.3 is 0 Å². The van der Waals surface area contributed by atoms with Crippen LogP contribution < -0.4 is 5.32 Å². The number of aliphatic hydroxyl groups excluding tert-OH is 1. The van der Waals surface area contributed by atoms with E-state index < -0.39 is 0 Å². The Morgan fingerprint density at radius 3 is 2.76 bits per heavy atom. The minimum atomic E-state index is 0.243. The number of rotatable bonds is 7. The third kappa shape index (κ3) is 4.71. The van der Waals surface area contributed by atoms with E-state index in [4.69, 9.17) is 5.11 Å². The van der Waals surface area contributed by atoms with Crippen LogP contribution in [0.5, 0.6) is 0 Å². The van der Waals surface area contributed by atoms with Crippen molar-refractivity contribution in [2.24, 2.45) is 0 Å². The van der Waals surface area contributed by atoms with E-state index in [9.17, 15) is 0 Å². The maximum atomic E-state index is 8.89. The summed E-state index contributed by atoms with van der Waals surface area (Å²) in [6.07, 6.45) is 0.809. The summed E-state index contributed by atoms with van der Waals surface area (Å²) in [5.74, 6) is 0.897. The Hall–Kier alpha value is -1.13. The van der Waals surface area contributed by atoms with E-state index >= 15 is 0 Å². The van der Waals surface area contributed by atoms with Gasteiger partial charge in [-0.05, 0) is 32.4 Å². The summed E-state index contributed by atoms with van der Waals surface area (Å²) >= 11 is 0. The summed E-state index contributed by atoms with van der Waals surface area (Å²) in [6, 6.07) is 6.46. The van der Waals surface area contributed by atoms with Gasteiger partial charge in [-0.3, -0.25) is 4.90 Å². The van der Waals surface area contributed by atoms with Crippen LogP contribution in [0.2, 0.25) is 0 Å². The van der Waals surface area contributed by atoms with Crippen LogP contribution in [0.4, 0.5) is 5.82 Å². The molecule has 17 heavy (non-hydrogen) atoms. The molecular formula is C13H23N3O. The third-order valence-electron chi connectivity index (χ3n) is 2.76. The van der Waals surface area contributed by atoms with Crippen LogP contribution in [0, 0.1) is 0 Å². The van der Waals surface area contributed by atoms with Crippen molar-refractivity contribution in [2.45, 2.75) is 32.9 Å². The van der Waals surface area contributed by atoms with Gasteiger partial charge in [-0.15, -0.1) is 0 Å². The molecule has 0 atom stereocenters. The van der Waals surface area contributed by atoms with Crippen molar-refractivity contribution in [1.82, 2.24) is 9.88 Å². The minimum absolute atomic E-state index is 0.243. The van der Waals surface area contributed by atoms with Crippen molar-refractivity contribution in [3.8, 4) is 0 Å². The smallest absolute Gasteiger partial charge is 0.126 e. The predicted molar refractivity (Wildman–Crippen MR) is 71.0 cm³/mol. The lowest BCUT2D eigenvalue weighted by Gasteiger charge is -2.25. The molecule has 1 rings (SSSR count). The van der Waals surface area contributed by atoms with Crippen molar-refractivity contribution in [3.05, 3.63) is 23.9 Å². The Balaban J connectivity index is 2.64. The van der Waals surface area contributed by atoms with E-state index in [1.165, 1.54) is 0 Å². The molecule has 0 fully saturated rings. The Bertz CT molecular complexity index is 328. The van der Waals surface area contributed by atoms with E-state index in [2.05, 4.69) is 29.0 Å². The molecule has 0 bridgehead atoms. The molecule has 0 aliphatic heterocycles. The fraction of sp³-hybridized carbons (Fsp3) is 0.615. The molecule has 0 saturated carbocycles. The fourth-order valence-corrected chi connectivity index (χ4v) is 1.71. The van der Waals surface area contributed by atoms with Gasteiger partial charge in [0.25, 0.3) is 0 Å². The topological polar surface area (TPSA) is 48.4 Å². The van der Waals surface area contributed by atoms with Crippen molar-refractivity contribution in [3.63, 3.8) is 0 Å². The van der Waals surface area contributed by atoms with E-state index in [-0.39, 0.29) is 6.61 Å². The van der Waals surface area contributed by atoms with Crippen LogP contribution in [0.1, 0.15) is 26.0 Å². The Morgan fingerprint density at radius 1 is 1.41 bits per heavy atom. The van der Waals surface area contributed by atoms with Crippen LogP contribution in [0.3, 0.4) is 0 Å². The van der Waals surface area contributed by atoms with Gasteiger partial charge in [0.15, 0.2) is 0 Å². The standard InChI is InChI=1S/C13H23N3O/c1-11(2)16(8-5-9-17)10-12-6-4-7-13(14-3)15-12/h4,6-7,11,17H,5,8-10H2,1-3H3,(H,14,15). The number of hydrogen-bond acceptors (Lipinski definition) is 4. The van der Waals surface area contributed by atoms with Gasteiger partial charge in [0.1, 0.15) is 5.82 Å². The van der Waals surface area contributed by atoms with Crippen LogP contribution >= 0.6 is 0 Å². The summed E-state index contributed by atoms with van der Waals surface area (Å²) < 4.78 is 0. The molecule has 0 saturated heterocycles. The molecule has 2 N–H and O–H groups in total. The van der Waals surface area contributed by atoms with E-state index in [1.54, 1.807) is 0 Å². The summed E-state index contributed by atoms with van der Waals surface area (Å²) in [7, 11) is 1.87. The Labute approximate surface area is 104 Å². The highest BCUT2D eigenvalue weighted by molar-refractivity contribution is 5.34. The van der Waals surface area contributed by atoms with Crippen molar-refractivity contribution < 1.29 is 5.11 Å². The number of nitrogens with one attached hydrogen (secondary N) is 1. The second-order valence-electron chi connectivity index (χ2n) is 4.41. The second kappa shape index (κ2) is 7.25. The summed E-state index contributed by atoms with van der Waals surface area (Å²) in [4.78, 5) is 6.82. The average molecular weight is 237 g/mol. The molecule has 0 spiro atoms. The van der Waals surface area contributed by atoms with E-state index in [0.717, 1.165) is 31.0 Å². The van der Waals surface area contributed by atoms with Crippen molar-refractivity contribution in [2.75, 3.05) is 25.5 Å². The zero-order chi connectivity index (χ0) is 12.7. The molecule has 1 heterocycles. The first-order valence-electron chi connectivity index (χ1n) is 6.16. The molecule has 0 amide bonds. The number of pyridine rings is 1.